The third kappa shape index (κ3) is 8.25. The molecule has 0 saturated heterocycles. The number of nitrogens with zero attached hydrogens (tertiary/aromatic N) is 2. The lowest BCUT2D eigenvalue weighted by atomic mass is 10.2. The Morgan fingerprint density at radius 2 is 1.68 bits per heavy atom. The number of halogens is 1. The summed E-state index contributed by atoms with van der Waals surface area (Å²) in [6.07, 6.45) is 2.74. The molecule has 0 unspecified atom stereocenters. The van der Waals surface area contributed by atoms with Gasteiger partial charge in [0.25, 0.3) is 5.91 Å². The molecule has 0 fully saturated rings. The van der Waals surface area contributed by atoms with Gasteiger partial charge in [0.1, 0.15) is 17.5 Å². The minimum absolute atomic E-state index is 0.0769. The molecule has 4 aromatic rings. The Kier molecular flexibility index (Phi) is 9.29. The highest BCUT2D eigenvalue weighted by molar-refractivity contribution is 6.00. The molecule has 0 spiro atoms. The van der Waals surface area contributed by atoms with Gasteiger partial charge >= 0.3 is 6.09 Å². The molecular weight excluding hydrogens is 511 g/mol. The molecule has 2 amide bonds. The Labute approximate surface area is 232 Å². The van der Waals surface area contributed by atoms with Crippen LogP contribution in [0.25, 0.3) is 10.9 Å². The van der Waals surface area contributed by atoms with E-state index in [-0.39, 0.29) is 19.0 Å². The number of para-hydroxylation sites is 1. The predicted molar refractivity (Wildman–Crippen MR) is 152 cm³/mol. The van der Waals surface area contributed by atoms with Crippen molar-refractivity contribution in [2.75, 3.05) is 6.61 Å². The summed E-state index contributed by atoms with van der Waals surface area (Å²) in [6.45, 7) is 5.96. The molecule has 4 rings (SSSR count). The molecule has 9 heteroatoms. The van der Waals surface area contributed by atoms with Crippen molar-refractivity contribution in [1.29, 1.82) is 0 Å². The van der Waals surface area contributed by atoms with Gasteiger partial charge in [-0.25, -0.2) is 14.6 Å². The summed E-state index contributed by atoms with van der Waals surface area (Å²) in [7, 11) is 0. The van der Waals surface area contributed by atoms with E-state index in [9.17, 15) is 14.0 Å². The molecule has 0 saturated carbocycles. The van der Waals surface area contributed by atoms with Crippen LogP contribution in [0.4, 0.5) is 9.18 Å². The SMILES string of the molecule is CC(C)(C)OC(=O)N[C@@H](COCc1ccccc1)C(=O)N/N=C\c1cn(Cc2ccc(F)cc2)c2ccccc12. The summed E-state index contributed by atoms with van der Waals surface area (Å²) in [5.74, 6) is -0.833. The van der Waals surface area contributed by atoms with Crippen LogP contribution in [0.2, 0.25) is 0 Å². The van der Waals surface area contributed by atoms with E-state index in [2.05, 4.69) is 15.8 Å². The quantitative estimate of drug-likeness (QED) is 0.207. The van der Waals surface area contributed by atoms with Crippen molar-refractivity contribution >= 4 is 29.1 Å². The number of fused-ring (bicyclic) bond motifs is 1. The Hall–Kier alpha value is -4.50. The fourth-order valence-corrected chi connectivity index (χ4v) is 4.04. The predicted octanol–water partition coefficient (Wildman–Crippen LogP) is 5.39. The van der Waals surface area contributed by atoms with Crippen molar-refractivity contribution in [2.24, 2.45) is 5.10 Å². The number of rotatable bonds is 10. The Morgan fingerprint density at radius 1 is 0.975 bits per heavy atom. The molecule has 0 radical (unpaired) electrons. The van der Waals surface area contributed by atoms with E-state index in [4.69, 9.17) is 9.47 Å². The van der Waals surface area contributed by atoms with Crippen LogP contribution in [0.5, 0.6) is 0 Å². The molecule has 0 aliphatic rings. The van der Waals surface area contributed by atoms with Crippen LogP contribution < -0.4 is 10.7 Å². The van der Waals surface area contributed by atoms with Gasteiger partial charge in [0.05, 0.1) is 19.4 Å². The molecule has 1 aromatic heterocycles. The maximum absolute atomic E-state index is 13.3. The highest BCUT2D eigenvalue weighted by Gasteiger charge is 2.24. The van der Waals surface area contributed by atoms with Crippen molar-refractivity contribution in [3.63, 3.8) is 0 Å². The number of nitrogens with one attached hydrogen (secondary N) is 2. The third-order valence-corrected chi connectivity index (χ3v) is 5.87. The van der Waals surface area contributed by atoms with E-state index in [0.29, 0.717) is 6.54 Å². The number of hydrazone groups is 1. The van der Waals surface area contributed by atoms with E-state index in [1.165, 1.54) is 12.1 Å². The molecular formula is C31H33FN4O4. The van der Waals surface area contributed by atoms with Crippen LogP contribution in [0.3, 0.4) is 0 Å². The van der Waals surface area contributed by atoms with Crippen molar-refractivity contribution in [3.05, 3.63) is 108 Å². The lowest BCUT2D eigenvalue weighted by Crippen LogP contribution is -2.49. The monoisotopic (exact) mass is 544 g/mol. The average Bonchev–Trinajstić information content (AvgIpc) is 3.26. The van der Waals surface area contributed by atoms with E-state index >= 15 is 0 Å². The number of alkyl carbamates (subject to hydrolysis) is 1. The highest BCUT2D eigenvalue weighted by Crippen LogP contribution is 2.21. The summed E-state index contributed by atoms with van der Waals surface area (Å²) < 4.78 is 26.4. The number of ether oxygens (including phenoxy) is 2. The van der Waals surface area contributed by atoms with Crippen LogP contribution in [0.1, 0.15) is 37.5 Å². The number of carbonyl (C=O) groups is 2. The van der Waals surface area contributed by atoms with Gasteiger partial charge in [0.15, 0.2) is 0 Å². The number of carbonyl (C=O) groups excluding carboxylic acids is 2. The Morgan fingerprint density at radius 3 is 2.40 bits per heavy atom. The van der Waals surface area contributed by atoms with Crippen LogP contribution in [0.15, 0.2) is 90.2 Å². The highest BCUT2D eigenvalue weighted by atomic mass is 19.1. The van der Waals surface area contributed by atoms with Crippen LogP contribution in [0, 0.1) is 5.82 Å². The van der Waals surface area contributed by atoms with Gasteiger partial charge in [-0.2, -0.15) is 5.10 Å². The first-order valence-corrected chi connectivity index (χ1v) is 12.9. The zero-order valence-corrected chi connectivity index (χ0v) is 22.8. The summed E-state index contributed by atoms with van der Waals surface area (Å²) in [5, 5.41) is 7.67. The molecule has 0 bridgehead atoms. The Balaban J connectivity index is 1.45. The summed E-state index contributed by atoms with van der Waals surface area (Å²) >= 11 is 0. The molecule has 208 valence electrons. The molecule has 2 N–H and O–H groups in total. The normalized spacial score (nSPS) is 12.4. The number of amides is 2. The average molecular weight is 545 g/mol. The summed E-state index contributed by atoms with van der Waals surface area (Å²) in [4.78, 5) is 25.4. The number of hydrogen-bond acceptors (Lipinski definition) is 5. The first-order chi connectivity index (χ1) is 19.2. The largest absolute Gasteiger partial charge is 0.444 e. The van der Waals surface area contributed by atoms with Gasteiger partial charge in [-0.05, 0) is 50.1 Å². The first-order valence-electron chi connectivity index (χ1n) is 12.9. The molecule has 0 aliphatic heterocycles. The maximum Gasteiger partial charge on any atom is 0.408 e. The molecule has 1 atom stereocenters. The van der Waals surface area contributed by atoms with E-state index < -0.39 is 23.6 Å². The zero-order chi connectivity index (χ0) is 28.5. The number of hydrogen-bond donors (Lipinski definition) is 2. The fourth-order valence-electron chi connectivity index (χ4n) is 4.04. The molecule has 40 heavy (non-hydrogen) atoms. The van der Waals surface area contributed by atoms with Gasteiger partial charge in [0.2, 0.25) is 0 Å². The molecule has 8 nitrogen and oxygen atoms in total. The second kappa shape index (κ2) is 13.0. The van der Waals surface area contributed by atoms with Gasteiger partial charge in [-0.15, -0.1) is 0 Å². The van der Waals surface area contributed by atoms with Gasteiger partial charge in [0, 0.05) is 29.2 Å². The number of aromatic nitrogens is 1. The minimum atomic E-state index is -1.03. The van der Waals surface area contributed by atoms with E-state index in [1.54, 1.807) is 39.1 Å². The minimum Gasteiger partial charge on any atom is -0.444 e. The standard InChI is InChI=1S/C31H33FN4O4/c1-31(2,3)40-30(38)34-27(21-39-20-23-9-5-4-6-10-23)29(37)35-33-17-24-19-36(28-12-8-7-11-26(24)28)18-22-13-15-25(32)16-14-22/h4-17,19,27H,18,20-21H2,1-3H3,(H,34,38)(H,35,37)/b33-17-/t27-/m0/s1. The summed E-state index contributed by atoms with van der Waals surface area (Å²) in [6, 6.07) is 22.7. The smallest absolute Gasteiger partial charge is 0.408 e. The molecule has 3 aromatic carbocycles. The second-order valence-corrected chi connectivity index (χ2v) is 10.3. The lowest BCUT2D eigenvalue weighted by Gasteiger charge is -2.22. The van der Waals surface area contributed by atoms with E-state index in [1.807, 2.05) is 65.4 Å². The first kappa shape index (κ1) is 28.5. The maximum atomic E-state index is 13.3. The Bertz CT molecular complexity index is 1460. The fraction of sp³-hybridized carbons (Fsp3) is 0.258. The van der Waals surface area contributed by atoms with Crippen molar-refractivity contribution in [3.8, 4) is 0 Å². The molecule has 1 heterocycles. The molecule has 0 aliphatic carbocycles. The van der Waals surface area contributed by atoms with Gasteiger partial charge in [-0.1, -0.05) is 60.7 Å². The third-order valence-electron chi connectivity index (χ3n) is 5.87. The van der Waals surface area contributed by atoms with Crippen molar-refractivity contribution in [1.82, 2.24) is 15.3 Å². The van der Waals surface area contributed by atoms with Crippen molar-refractivity contribution < 1.29 is 23.5 Å². The lowest BCUT2D eigenvalue weighted by molar-refractivity contribution is -0.124. The van der Waals surface area contributed by atoms with Crippen LogP contribution in [-0.2, 0) is 27.4 Å². The van der Waals surface area contributed by atoms with Gasteiger partial charge in [-0.3, -0.25) is 4.79 Å². The second-order valence-electron chi connectivity index (χ2n) is 10.3. The van der Waals surface area contributed by atoms with Crippen LogP contribution >= 0.6 is 0 Å². The topological polar surface area (TPSA) is 93.9 Å². The van der Waals surface area contributed by atoms with E-state index in [0.717, 1.165) is 27.6 Å². The number of benzene rings is 3. The van der Waals surface area contributed by atoms with Crippen molar-refractivity contribution in [2.45, 2.75) is 45.6 Å². The zero-order valence-electron chi connectivity index (χ0n) is 22.8. The van der Waals surface area contributed by atoms with Crippen LogP contribution in [-0.4, -0.2) is 41.0 Å². The summed E-state index contributed by atoms with van der Waals surface area (Å²) in [5.41, 5.74) is 5.43. The van der Waals surface area contributed by atoms with Gasteiger partial charge < -0.3 is 19.4 Å².